The first-order valence-electron chi connectivity index (χ1n) is 15.4. The maximum Gasteiger partial charge on any atom is 0.0540 e. The van der Waals surface area contributed by atoms with Crippen LogP contribution in [0.1, 0.15) is 0 Å². The molecular formula is C44H31N. The number of hydrogen-bond acceptors (Lipinski definition) is 1. The normalized spacial score (nSPS) is 11.1. The lowest BCUT2D eigenvalue weighted by Crippen LogP contribution is -2.10. The van der Waals surface area contributed by atoms with Gasteiger partial charge in [0.1, 0.15) is 0 Å². The fourth-order valence-corrected chi connectivity index (χ4v) is 6.39. The van der Waals surface area contributed by atoms with Crippen LogP contribution in [0.25, 0.3) is 54.9 Å². The summed E-state index contributed by atoms with van der Waals surface area (Å²) >= 11 is 0. The second kappa shape index (κ2) is 11.6. The highest BCUT2D eigenvalue weighted by Crippen LogP contribution is 2.42. The van der Waals surface area contributed by atoms with E-state index in [9.17, 15) is 0 Å². The molecule has 0 aliphatic heterocycles. The van der Waals surface area contributed by atoms with Crippen molar-refractivity contribution in [2.45, 2.75) is 0 Å². The summed E-state index contributed by atoms with van der Waals surface area (Å²) < 4.78 is 0. The average molecular weight is 574 g/mol. The Bertz CT molecular complexity index is 2240. The Kier molecular flexibility index (Phi) is 6.90. The van der Waals surface area contributed by atoms with Crippen LogP contribution in [0.5, 0.6) is 0 Å². The van der Waals surface area contributed by atoms with Crippen molar-refractivity contribution in [3.63, 3.8) is 0 Å². The van der Waals surface area contributed by atoms with E-state index in [1.54, 1.807) is 0 Å². The van der Waals surface area contributed by atoms with Gasteiger partial charge in [-0.2, -0.15) is 0 Å². The molecule has 0 fully saturated rings. The fourth-order valence-electron chi connectivity index (χ4n) is 6.39. The van der Waals surface area contributed by atoms with Crippen LogP contribution in [0.15, 0.2) is 188 Å². The highest BCUT2D eigenvalue weighted by atomic mass is 15.1. The average Bonchev–Trinajstić information content (AvgIpc) is 3.13. The first kappa shape index (κ1) is 26.7. The molecule has 0 aliphatic rings. The molecule has 0 saturated carbocycles. The maximum atomic E-state index is 2.37. The van der Waals surface area contributed by atoms with Crippen LogP contribution in [0.4, 0.5) is 17.1 Å². The number of fused-ring (bicyclic) bond motifs is 2. The smallest absolute Gasteiger partial charge is 0.0540 e. The van der Waals surface area contributed by atoms with E-state index in [0.717, 1.165) is 17.1 Å². The van der Waals surface area contributed by atoms with Crippen molar-refractivity contribution in [3.8, 4) is 33.4 Å². The predicted molar refractivity (Wildman–Crippen MR) is 192 cm³/mol. The minimum Gasteiger partial charge on any atom is -0.310 e. The molecule has 0 heterocycles. The van der Waals surface area contributed by atoms with E-state index in [1.807, 2.05) is 0 Å². The second-order valence-electron chi connectivity index (χ2n) is 11.4. The minimum atomic E-state index is 1.12. The summed E-state index contributed by atoms with van der Waals surface area (Å²) in [6.45, 7) is 0. The minimum absolute atomic E-state index is 1.12. The summed E-state index contributed by atoms with van der Waals surface area (Å²) in [5.74, 6) is 0. The van der Waals surface area contributed by atoms with Crippen molar-refractivity contribution in [1.82, 2.24) is 0 Å². The molecule has 0 saturated heterocycles. The second-order valence-corrected chi connectivity index (χ2v) is 11.4. The van der Waals surface area contributed by atoms with Crippen molar-refractivity contribution in [2.24, 2.45) is 0 Å². The van der Waals surface area contributed by atoms with E-state index in [2.05, 4.69) is 193 Å². The molecule has 0 aromatic heterocycles. The molecule has 1 heteroatoms. The van der Waals surface area contributed by atoms with Crippen molar-refractivity contribution >= 4 is 38.6 Å². The lowest BCUT2D eigenvalue weighted by atomic mass is 9.96. The molecular weight excluding hydrogens is 542 g/mol. The standard InChI is InChI=1S/C44H31N/c1-4-12-32(13-5-1)36-22-20-34-21-23-37(31-38(34)30-36)33-24-26-40(27-25-33)45(39-16-8-3-9-17-39)44-29-28-41(35-14-6-2-7-15-35)42-18-10-11-19-43(42)44/h1-31H. The van der Waals surface area contributed by atoms with Gasteiger partial charge in [-0.05, 0) is 92.0 Å². The Labute approximate surface area is 264 Å². The van der Waals surface area contributed by atoms with Gasteiger partial charge in [-0.3, -0.25) is 0 Å². The van der Waals surface area contributed by atoms with Crippen molar-refractivity contribution in [1.29, 1.82) is 0 Å². The zero-order valence-corrected chi connectivity index (χ0v) is 24.8. The van der Waals surface area contributed by atoms with Crippen molar-refractivity contribution < 1.29 is 0 Å². The third-order valence-electron chi connectivity index (χ3n) is 8.65. The maximum absolute atomic E-state index is 2.37. The van der Waals surface area contributed by atoms with Gasteiger partial charge in [0.15, 0.2) is 0 Å². The van der Waals surface area contributed by atoms with Gasteiger partial charge in [0, 0.05) is 16.8 Å². The van der Waals surface area contributed by atoms with Crippen LogP contribution in [0.3, 0.4) is 0 Å². The van der Waals surface area contributed by atoms with Gasteiger partial charge in [-0.15, -0.1) is 0 Å². The Balaban J connectivity index is 1.21. The molecule has 0 unspecified atom stereocenters. The van der Waals surface area contributed by atoms with Crippen molar-refractivity contribution in [2.75, 3.05) is 4.90 Å². The molecule has 0 amide bonds. The number of rotatable bonds is 6. The molecule has 45 heavy (non-hydrogen) atoms. The van der Waals surface area contributed by atoms with E-state index in [1.165, 1.54) is 54.9 Å². The van der Waals surface area contributed by atoms with E-state index in [0.29, 0.717) is 0 Å². The molecule has 0 aliphatic carbocycles. The molecule has 8 rings (SSSR count). The Hall–Kier alpha value is -5.92. The summed E-state index contributed by atoms with van der Waals surface area (Å²) in [7, 11) is 0. The SMILES string of the molecule is c1ccc(-c2ccc3ccc(-c4ccc(N(c5ccccc5)c5ccc(-c6ccccc6)c6ccccc56)cc4)cc3c2)cc1. The molecule has 0 radical (unpaired) electrons. The number of hydrogen-bond donors (Lipinski definition) is 0. The predicted octanol–water partition coefficient (Wildman–Crippen LogP) is 12.5. The summed E-state index contributed by atoms with van der Waals surface area (Å²) in [6.07, 6.45) is 0. The number of benzene rings is 8. The van der Waals surface area contributed by atoms with E-state index in [-0.39, 0.29) is 0 Å². The molecule has 0 spiro atoms. The van der Waals surface area contributed by atoms with Gasteiger partial charge < -0.3 is 4.90 Å². The number of para-hydroxylation sites is 1. The van der Waals surface area contributed by atoms with E-state index in [4.69, 9.17) is 0 Å². The summed E-state index contributed by atoms with van der Waals surface area (Å²) in [5.41, 5.74) is 10.7. The summed E-state index contributed by atoms with van der Waals surface area (Å²) in [5, 5.41) is 4.95. The van der Waals surface area contributed by atoms with Gasteiger partial charge in [0.05, 0.1) is 5.69 Å². The molecule has 0 atom stereocenters. The zero-order chi connectivity index (χ0) is 30.0. The first-order valence-corrected chi connectivity index (χ1v) is 15.4. The van der Waals surface area contributed by atoms with Crippen LogP contribution < -0.4 is 4.90 Å². The van der Waals surface area contributed by atoms with Gasteiger partial charge in [-0.25, -0.2) is 0 Å². The third kappa shape index (κ3) is 5.15. The highest BCUT2D eigenvalue weighted by Gasteiger charge is 2.17. The van der Waals surface area contributed by atoms with Crippen molar-refractivity contribution in [3.05, 3.63) is 188 Å². The quantitative estimate of drug-likeness (QED) is 0.191. The Morgan fingerprint density at radius 2 is 0.778 bits per heavy atom. The molecule has 0 bridgehead atoms. The zero-order valence-electron chi connectivity index (χ0n) is 24.8. The van der Waals surface area contributed by atoms with Gasteiger partial charge in [0.25, 0.3) is 0 Å². The lowest BCUT2D eigenvalue weighted by molar-refractivity contribution is 1.30. The fraction of sp³-hybridized carbons (Fsp3) is 0. The Morgan fingerprint density at radius 1 is 0.289 bits per heavy atom. The molecule has 1 nitrogen and oxygen atoms in total. The topological polar surface area (TPSA) is 3.24 Å². The van der Waals surface area contributed by atoms with Gasteiger partial charge in [0.2, 0.25) is 0 Å². The largest absolute Gasteiger partial charge is 0.310 e. The van der Waals surface area contributed by atoms with Crippen LogP contribution >= 0.6 is 0 Å². The number of nitrogens with zero attached hydrogens (tertiary/aromatic N) is 1. The van der Waals surface area contributed by atoms with Gasteiger partial charge in [-0.1, -0.05) is 146 Å². The first-order chi connectivity index (χ1) is 22.3. The van der Waals surface area contributed by atoms with Crippen LogP contribution in [0.2, 0.25) is 0 Å². The summed E-state index contributed by atoms with van der Waals surface area (Å²) in [4.78, 5) is 2.37. The molecule has 212 valence electrons. The molecule has 8 aromatic carbocycles. The number of anilines is 3. The highest BCUT2D eigenvalue weighted by molar-refractivity contribution is 6.06. The van der Waals surface area contributed by atoms with E-state index < -0.39 is 0 Å². The van der Waals surface area contributed by atoms with Crippen LogP contribution in [-0.2, 0) is 0 Å². The van der Waals surface area contributed by atoms with Crippen LogP contribution in [0, 0.1) is 0 Å². The lowest BCUT2D eigenvalue weighted by Gasteiger charge is -2.27. The monoisotopic (exact) mass is 573 g/mol. The molecule has 0 N–H and O–H groups in total. The third-order valence-corrected chi connectivity index (χ3v) is 8.65. The van der Waals surface area contributed by atoms with E-state index >= 15 is 0 Å². The Morgan fingerprint density at radius 3 is 1.42 bits per heavy atom. The molecule has 8 aromatic rings. The van der Waals surface area contributed by atoms with Gasteiger partial charge >= 0.3 is 0 Å². The van der Waals surface area contributed by atoms with Crippen LogP contribution in [-0.4, -0.2) is 0 Å². The summed E-state index contributed by atoms with van der Waals surface area (Å²) in [6, 6.07) is 67.6.